The average Bonchev–Trinajstić information content (AvgIpc) is 2.85. The highest BCUT2D eigenvalue weighted by Gasteiger charge is 2.24. The summed E-state index contributed by atoms with van der Waals surface area (Å²) in [7, 11) is 1.97. The lowest BCUT2D eigenvalue weighted by Gasteiger charge is -2.19. The van der Waals surface area contributed by atoms with Gasteiger partial charge < -0.3 is 5.32 Å². The topological polar surface area (TPSA) is 24.9 Å². The Hall–Kier alpha value is -0.780. The molecule has 1 aliphatic carbocycles. The molecule has 0 spiro atoms. The highest BCUT2D eigenvalue weighted by atomic mass is 79.9. The van der Waals surface area contributed by atoms with Crippen molar-refractivity contribution in [3.05, 3.63) is 39.1 Å². The van der Waals surface area contributed by atoms with Crippen LogP contribution in [0.3, 0.4) is 0 Å². The van der Waals surface area contributed by atoms with E-state index in [2.05, 4.69) is 26.2 Å². The van der Waals surface area contributed by atoms with Crippen LogP contribution in [0.1, 0.15) is 29.5 Å². The van der Waals surface area contributed by atoms with Crippen molar-refractivity contribution < 1.29 is 4.39 Å². The van der Waals surface area contributed by atoms with Crippen LogP contribution in [0.4, 0.5) is 4.39 Å². The smallest absolute Gasteiger partial charge is 0.133 e. The van der Waals surface area contributed by atoms with Crippen molar-refractivity contribution in [1.29, 1.82) is 0 Å². The Balaban J connectivity index is 2.07. The van der Waals surface area contributed by atoms with E-state index in [1.807, 2.05) is 7.05 Å². The van der Waals surface area contributed by atoms with E-state index >= 15 is 0 Å². The molecule has 0 amide bonds. The zero-order chi connectivity index (χ0) is 13.4. The van der Waals surface area contributed by atoms with Crippen LogP contribution < -0.4 is 5.32 Å². The van der Waals surface area contributed by atoms with Gasteiger partial charge in [0, 0.05) is 21.0 Å². The number of aromatic nitrogens is 1. The molecule has 1 atom stereocenters. The lowest BCUT2D eigenvalue weighted by molar-refractivity contribution is 0.501. The molecule has 0 saturated heterocycles. The van der Waals surface area contributed by atoms with Crippen molar-refractivity contribution >= 4 is 27.3 Å². The minimum absolute atomic E-state index is 0.213. The molecule has 2 aromatic rings. The normalized spacial score (nSPS) is 18.4. The Morgan fingerprint density at radius 3 is 3.11 bits per heavy atom. The maximum Gasteiger partial charge on any atom is 0.133 e. The third-order valence-electron chi connectivity index (χ3n) is 3.46. The second-order valence-corrected chi connectivity index (χ2v) is 6.63. The summed E-state index contributed by atoms with van der Waals surface area (Å²) in [6.07, 6.45) is 3.27. The standard InChI is InChI=1S/C14H14BrFN2S/c1-17-11-3-2-4-12-13(11)19-14(18-12)9-7-8(15)5-6-10(9)16/h5-7,11,17H,2-4H2,1H3. The minimum atomic E-state index is -0.213. The second kappa shape index (κ2) is 5.31. The fourth-order valence-corrected chi connectivity index (χ4v) is 4.11. The molecule has 5 heteroatoms. The number of rotatable bonds is 2. The van der Waals surface area contributed by atoms with Gasteiger partial charge in [-0.2, -0.15) is 0 Å². The van der Waals surface area contributed by atoms with E-state index in [0.29, 0.717) is 11.6 Å². The van der Waals surface area contributed by atoms with Gasteiger partial charge in [-0.1, -0.05) is 15.9 Å². The third-order valence-corrected chi connectivity index (χ3v) is 5.20. The molecule has 0 radical (unpaired) electrons. The molecule has 0 saturated carbocycles. The highest BCUT2D eigenvalue weighted by molar-refractivity contribution is 9.10. The molecule has 0 aliphatic heterocycles. The molecule has 0 bridgehead atoms. The zero-order valence-corrected chi connectivity index (χ0v) is 12.9. The van der Waals surface area contributed by atoms with Gasteiger partial charge in [-0.05, 0) is 44.5 Å². The van der Waals surface area contributed by atoms with E-state index in [4.69, 9.17) is 0 Å². The first-order valence-electron chi connectivity index (χ1n) is 6.31. The first-order chi connectivity index (χ1) is 9.19. The number of hydrogen-bond acceptors (Lipinski definition) is 3. The zero-order valence-electron chi connectivity index (χ0n) is 10.5. The van der Waals surface area contributed by atoms with Crippen LogP contribution in [-0.2, 0) is 6.42 Å². The number of thiazole rings is 1. The molecular weight excluding hydrogens is 327 g/mol. The van der Waals surface area contributed by atoms with E-state index in [-0.39, 0.29) is 5.82 Å². The lowest BCUT2D eigenvalue weighted by Crippen LogP contribution is -2.19. The molecule has 19 heavy (non-hydrogen) atoms. The molecule has 0 fully saturated rings. The van der Waals surface area contributed by atoms with Gasteiger partial charge in [0.1, 0.15) is 10.8 Å². The van der Waals surface area contributed by atoms with Crippen LogP contribution in [0.25, 0.3) is 10.6 Å². The van der Waals surface area contributed by atoms with Crippen molar-refractivity contribution in [1.82, 2.24) is 10.3 Å². The summed E-state index contributed by atoms with van der Waals surface area (Å²) in [5, 5.41) is 4.10. The van der Waals surface area contributed by atoms with Crippen LogP contribution >= 0.6 is 27.3 Å². The number of benzene rings is 1. The Morgan fingerprint density at radius 1 is 1.47 bits per heavy atom. The van der Waals surface area contributed by atoms with Gasteiger partial charge in [-0.3, -0.25) is 0 Å². The average molecular weight is 341 g/mol. The molecule has 3 rings (SSSR count). The van der Waals surface area contributed by atoms with E-state index in [0.717, 1.165) is 34.4 Å². The molecule has 1 aliphatic rings. The van der Waals surface area contributed by atoms with Gasteiger partial charge >= 0.3 is 0 Å². The highest BCUT2D eigenvalue weighted by Crippen LogP contribution is 2.38. The van der Waals surface area contributed by atoms with Gasteiger partial charge in [0.2, 0.25) is 0 Å². The van der Waals surface area contributed by atoms with Gasteiger partial charge in [0.25, 0.3) is 0 Å². The number of halogens is 2. The number of hydrogen-bond donors (Lipinski definition) is 1. The third kappa shape index (κ3) is 2.47. The maximum absolute atomic E-state index is 13.9. The Morgan fingerprint density at radius 2 is 2.32 bits per heavy atom. The van der Waals surface area contributed by atoms with E-state index in [9.17, 15) is 4.39 Å². The van der Waals surface area contributed by atoms with Crippen LogP contribution in [0, 0.1) is 5.82 Å². The monoisotopic (exact) mass is 340 g/mol. The summed E-state index contributed by atoms with van der Waals surface area (Å²) in [4.78, 5) is 5.91. The van der Waals surface area contributed by atoms with E-state index < -0.39 is 0 Å². The number of nitrogens with zero attached hydrogens (tertiary/aromatic N) is 1. The number of aryl methyl sites for hydroxylation is 1. The quantitative estimate of drug-likeness (QED) is 0.881. The van der Waals surface area contributed by atoms with Crippen LogP contribution in [0.2, 0.25) is 0 Å². The van der Waals surface area contributed by atoms with Gasteiger partial charge in [-0.15, -0.1) is 11.3 Å². The lowest BCUT2D eigenvalue weighted by atomic mass is 9.98. The predicted molar refractivity (Wildman–Crippen MR) is 79.9 cm³/mol. The molecule has 1 aromatic heterocycles. The van der Waals surface area contributed by atoms with Crippen molar-refractivity contribution in [2.45, 2.75) is 25.3 Å². The largest absolute Gasteiger partial charge is 0.312 e. The minimum Gasteiger partial charge on any atom is -0.312 e. The molecule has 2 nitrogen and oxygen atoms in total. The summed E-state index contributed by atoms with van der Waals surface area (Å²) in [6, 6.07) is 5.36. The molecular formula is C14H14BrFN2S. The van der Waals surface area contributed by atoms with E-state index in [1.165, 1.54) is 10.9 Å². The van der Waals surface area contributed by atoms with Crippen molar-refractivity contribution in [3.63, 3.8) is 0 Å². The molecule has 1 heterocycles. The first-order valence-corrected chi connectivity index (χ1v) is 7.92. The Kier molecular flexibility index (Phi) is 3.69. The predicted octanol–water partition coefficient (Wildman–Crippen LogP) is 4.31. The number of fused-ring (bicyclic) bond motifs is 1. The molecule has 1 N–H and O–H groups in total. The van der Waals surface area contributed by atoms with Crippen LogP contribution in [0.15, 0.2) is 22.7 Å². The van der Waals surface area contributed by atoms with Crippen LogP contribution in [-0.4, -0.2) is 12.0 Å². The van der Waals surface area contributed by atoms with Crippen molar-refractivity contribution in [2.75, 3.05) is 7.05 Å². The summed E-state index contributed by atoms with van der Waals surface area (Å²) >= 11 is 5.00. The molecule has 1 aromatic carbocycles. The summed E-state index contributed by atoms with van der Waals surface area (Å²) in [5.74, 6) is -0.213. The van der Waals surface area contributed by atoms with Gasteiger partial charge in [0.15, 0.2) is 0 Å². The SMILES string of the molecule is CNC1CCCc2nc(-c3cc(Br)ccc3F)sc21. The summed E-state index contributed by atoms with van der Waals surface area (Å²) in [6.45, 7) is 0. The van der Waals surface area contributed by atoms with Crippen molar-refractivity contribution in [2.24, 2.45) is 0 Å². The van der Waals surface area contributed by atoms with Gasteiger partial charge in [0.05, 0.1) is 5.69 Å². The van der Waals surface area contributed by atoms with Crippen molar-refractivity contribution in [3.8, 4) is 10.6 Å². The fourth-order valence-electron chi connectivity index (χ4n) is 2.47. The maximum atomic E-state index is 13.9. The molecule has 100 valence electrons. The fraction of sp³-hybridized carbons (Fsp3) is 0.357. The summed E-state index contributed by atoms with van der Waals surface area (Å²) < 4.78 is 14.8. The Labute approximate surface area is 124 Å². The Bertz CT molecular complexity index is 611. The second-order valence-electron chi connectivity index (χ2n) is 4.69. The van der Waals surface area contributed by atoms with Gasteiger partial charge in [-0.25, -0.2) is 9.37 Å². The summed E-state index contributed by atoms with van der Waals surface area (Å²) in [5.41, 5.74) is 1.72. The van der Waals surface area contributed by atoms with Crippen LogP contribution in [0.5, 0.6) is 0 Å². The first kappa shape index (κ1) is 13.2. The molecule has 1 unspecified atom stereocenters. The van der Waals surface area contributed by atoms with E-state index in [1.54, 1.807) is 23.5 Å². The number of nitrogens with one attached hydrogen (secondary N) is 1.